The molecule has 0 aliphatic carbocycles. The standard InChI is InChI=1S/C23H25NO3.C2H4O/c1-18(23(25)26)7-5-3-2-4-6-16-27-22-14-12-21(13-15-22)20-10-8-19(17-24)9-11-20;1-2-3-1/h7-15H,2-6,16H2,1H3,(H,25,26);1-2H2. The fraction of sp³-hybridized carbons (Fsp3) is 0.360. The minimum absolute atomic E-state index is 0.419. The first-order valence-corrected chi connectivity index (χ1v) is 10.3. The van der Waals surface area contributed by atoms with Gasteiger partial charge in [-0.1, -0.05) is 43.2 Å². The molecule has 0 spiro atoms. The van der Waals surface area contributed by atoms with Crippen LogP contribution in [0, 0.1) is 11.3 Å². The third-order valence-electron chi connectivity index (χ3n) is 4.56. The van der Waals surface area contributed by atoms with Gasteiger partial charge < -0.3 is 14.6 Å². The highest BCUT2D eigenvalue weighted by Gasteiger charge is 2.00. The number of nitrogens with zero attached hydrogens (tertiary/aromatic N) is 1. The number of benzene rings is 2. The summed E-state index contributed by atoms with van der Waals surface area (Å²) in [4.78, 5) is 10.7. The molecule has 0 bridgehead atoms. The van der Waals surface area contributed by atoms with Crippen molar-refractivity contribution in [3.05, 3.63) is 65.7 Å². The van der Waals surface area contributed by atoms with E-state index >= 15 is 0 Å². The van der Waals surface area contributed by atoms with Gasteiger partial charge in [0.1, 0.15) is 5.75 Å². The van der Waals surface area contributed by atoms with Gasteiger partial charge >= 0.3 is 5.97 Å². The van der Waals surface area contributed by atoms with Crippen LogP contribution in [0.15, 0.2) is 60.2 Å². The largest absolute Gasteiger partial charge is 0.494 e. The van der Waals surface area contributed by atoms with Crippen LogP contribution in [0.3, 0.4) is 0 Å². The fourth-order valence-electron chi connectivity index (χ4n) is 2.68. The summed E-state index contributed by atoms with van der Waals surface area (Å²) < 4.78 is 10.3. The molecule has 0 unspecified atom stereocenters. The molecule has 0 radical (unpaired) electrons. The average molecular weight is 408 g/mol. The molecule has 5 nitrogen and oxygen atoms in total. The topological polar surface area (TPSA) is 82.8 Å². The molecule has 0 saturated carbocycles. The van der Waals surface area contributed by atoms with E-state index in [0.29, 0.717) is 17.7 Å². The summed E-state index contributed by atoms with van der Waals surface area (Å²) in [5, 5.41) is 17.6. The van der Waals surface area contributed by atoms with E-state index in [2.05, 4.69) is 10.8 Å². The highest BCUT2D eigenvalue weighted by molar-refractivity contribution is 5.85. The van der Waals surface area contributed by atoms with Crippen LogP contribution in [0.1, 0.15) is 44.6 Å². The Morgan fingerprint density at radius 2 is 1.60 bits per heavy atom. The van der Waals surface area contributed by atoms with Gasteiger partial charge in [0, 0.05) is 5.57 Å². The van der Waals surface area contributed by atoms with Crippen LogP contribution in [-0.4, -0.2) is 30.9 Å². The Bertz CT molecular complexity index is 843. The molecular weight excluding hydrogens is 378 g/mol. The molecule has 2 aromatic rings. The smallest absolute Gasteiger partial charge is 0.330 e. The Balaban J connectivity index is 0.000000976. The maximum absolute atomic E-state index is 10.7. The highest BCUT2D eigenvalue weighted by Crippen LogP contribution is 2.23. The monoisotopic (exact) mass is 407 g/mol. The quantitative estimate of drug-likeness (QED) is 0.315. The Labute approximate surface area is 178 Å². The number of carboxylic acids is 1. The van der Waals surface area contributed by atoms with Gasteiger partial charge in [-0.2, -0.15) is 5.26 Å². The minimum Gasteiger partial charge on any atom is -0.494 e. The molecule has 1 heterocycles. The van der Waals surface area contributed by atoms with Crippen molar-refractivity contribution in [1.29, 1.82) is 5.26 Å². The highest BCUT2D eigenvalue weighted by atomic mass is 16.6. The normalized spacial score (nSPS) is 12.3. The van der Waals surface area contributed by atoms with E-state index in [1.807, 2.05) is 48.5 Å². The summed E-state index contributed by atoms with van der Waals surface area (Å²) >= 11 is 0. The van der Waals surface area contributed by atoms with Crippen molar-refractivity contribution in [2.45, 2.75) is 39.0 Å². The number of hydrogen-bond acceptors (Lipinski definition) is 4. The molecule has 1 aliphatic heterocycles. The number of hydrogen-bond donors (Lipinski definition) is 1. The number of unbranched alkanes of at least 4 members (excludes halogenated alkanes) is 4. The van der Waals surface area contributed by atoms with E-state index < -0.39 is 5.97 Å². The predicted octanol–water partition coefficient (Wildman–Crippen LogP) is 5.60. The number of aliphatic carboxylic acids is 1. The number of rotatable bonds is 10. The summed E-state index contributed by atoms with van der Waals surface area (Å²) in [5.41, 5.74) is 3.25. The van der Waals surface area contributed by atoms with E-state index in [9.17, 15) is 4.79 Å². The molecule has 1 aliphatic rings. The number of epoxide rings is 1. The Morgan fingerprint density at radius 3 is 2.13 bits per heavy atom. The van der Waals surface area contributed by atoms with E-state index in [1.165, 1.54) is 0 Å². The van der Waals surface area contributed by atoms with Crippen LogP contribution in [0.5, 0.6) is 5.75 Å². The lowest BCUT2D eigenvalue weighted by molar-refractivity contribution is -0.132. The maximum Gasteiger partial charge on any atom is 0.330 e. The molecule has 1 N–H and O–H groups in total. The number of allylic oxidation sites excluding steroid dienone is 1. The van der Waals surface area contributed by atoms with Gasteiger partial charge in [0.25, 0.3) is 0 Å². The first kappa shape index (κ1) is 23.2. The van der Waals surface area contributed by atoms with Crippen molar-refractivity contribution in [3.8, 4) is 22.9 Å². The van der Waals surface area contributed by atoms with Crippen molar-refractivity contribution in [2.75, 3.05) is 19.8 Å². The predicted molar refractivity (Wildman–Crippen MR) is 117 cm³/mol. The van der Waals surface area contributed by atoms with E-state index in [1.54, 1.807) is 13.0 Å². The summed E-state index contributed by atoms with van der Waals surface area (Å²) in [7, 11) is 0. The molecule has 30 heavy (non-hydrogen) atoms. The van der Waals surface area contributed by atoms with Gasteiger partial charge in [0.05, 0.1) is 31.5 Å². The molecule has 1 saturated heterocycles. The van der Waals surface area contributed by atoms with E-state index in [0.717, 1.165) is 62.2 Å². The van der Waals surface area contributed by atoms with Gasteiger partial charge in [0.2, 0.25) is 0 Å². The van der Waals surface area contributed by atoms with Gasteiger partial charge in [-0.15, -0.1) is 0 Å². The zero-order valence-corrected chi connectivity index (χ0v) is 17.5. The summed E-state index contributed by atoms with van der Waals surface area (Å²) in [5.74, 6) is 0.0148. The van der Waals surface area contributed by atoms with Crippen molar-refractivity contribution >= 4 is 5.97 Å². The molecule has 3 rings (SSSR count). The van der Waals surface area contributed by atoms with Crippen LogP contribution in [0.2, 0.25) is 0 Å². The van der Waals surface area contributed by atoms with Crippen molar-refractivity contribution in [1.82, 2.24) is 0 Å². The van der Waals surface area contributed by atoms with Crippen LogP contribution >= 0.6 is 0 Å². The SMILES string of the molecule is C1CO1.CC(=CCCCCCCOc1ccc(-c2ccc(C#N)cc2)cc1)C(=O)O. The second-order valence-corrected chi connectivity index (χ2v) is 7.07. The average Bonchev–Trinajstić information content (AvgIpc) is 3.65. The lowest BCUT2D eigenvalue weighted by Crippen LogP contribution is -1.97. The third-order valence-corrected chi connectivity index (χ3v) is 4.56. The first-order chi connectivity index (χ1) is 14.6. The van der Waals surface area contributed by atoms with Gasteiger partial charge in [-0.05, 0) is 61.6 Å². The summed E-state index contributed by atoms with van der Waals surface area (Å²) in [6.07, 6.45) is 6.74. The zero-order chi connectivity index (χ0) is 21.6. The van der Waals surface area contributed by atoms with E-state index in [4.69, 9.17) is 15.1 Å². The number of ether oxygens (including phenoxy) is 2. The van der Waals surface area contributed by atoms with Crippen LogP contribution in [0.4, 0.5) is 0 Å². The van der Waals surface area contributed by atoms with E-state index in [-0.39, 0.29) is 0 Å². The molecule has 0 atom stereocenters. The second kappa shape index (κ2) is 13.2. The molecule has 158 valence electrons. The Morgan fingerprint density at radius 1 is 1.03 bits per heavy atom. The molecule has 2 aromatic carbocycles. The van der Waals surface area contributed by atoms with Crippen molar-refractivity contribution in [3.63, 3.8) is 0 Å². The molecule has 1 fully saturated rings. The fourth-order valence-corrected chi connectivity index (χ4v) is 2.68. The number of carboxylic acid groups (broad SMARTS) is 1. The molecular formula is C25H29NO4. The Hall–Kier alpha value is -3.10. The van der Waals surface area contributed by atoms with Crippen molar-refractivity contribution in [2.24, 2.45) is 0 Å². The van der Waals surface area contributed by atoms with Crippen LogP contribution in [0.25, 0.3) is 11.1 Å². The minimum atomic E-state index is -0.839. The summed E-state index contributed by atoms with van der Waals surface area (Å²) in [6.45, 7) is 4.31. The lowest BCUT2D eigenvalue weighted by atomic mass is 10.0. The van der Waals surface area contributed by atoms with Crippen LogP contribution < -0.4 is 4.74 Å². The summed E-state index contributed by atoms with van der Waals surface area (Å²) in [6, 6.07) is 17.6. The third kappa shape index (κ3) is 9.40. The van der Waals surface area contributed by atoms with Gasteiger partial charge in [-0.3, -0.25) is 0 Å². The lowest BCUT2D eigenvalue weighted by Gasteiger charge is -2.07. The number of carbonyl (C=O) groups is 1. The molecule has 5 heteroatoms. The second-order valence-electron chi connectivity index (χ2n) is 7.07. The molecule has 0 aromatic heterocycles. The van der Waals surface area contributed by atoms with Gasteiger partial charge in [0.15, 0.2) is 0 Å². The first-order valence-electron chi connectivity index (χ1n) is 10.3. The Kier molecular flexibility index (Phi) is 10.2. The van der Waals surface area contributed by atoms with Crippen molar-refractivity contribution < 1.29 is 19.4 Å². The molecule has 0 amide bonds. The van der Waals surface area contributed by atoms with Crippen LogP contribution in [-0.2, 0) is 9.53 Å². The number of nitriles is 1. The zero-order valence-electron chi connectivity index (χ0n) is 17.5. The van der Waals surface area contributed by atoms with Gasteiger partial charge in [-0.25, -0.2) is 4.79 Å². The maximum atomic E-state index is 10.7.